The molecule has 0 aliphatic carbocycles. The van der Waals surface area contributed by atoms with Gasteiger partial charge in [-0.25, -0.2) is 0 Å². The van der Waals surface area contributed by atoms with Gasteiger partial charge in [0.25, 0.3) is 0 Å². The molecule has 4 N–H and O–H groups in total. The van der Waals surface area contributed by atoms with Crippen LogP contribution in [0.4, 0.5) is 0 Å². The van der Waals surface area contributed by atoms with E-state index in [0.717, 1.165) is 5.56 Å². The zero-order valence-corrected chi connectivity index (χ0v) is 11.7. The summed E-state index contributed by atoms with van der Waals surface area (Å²) >= 11 is 5.82. The van der Waals surface area contributed by atoms with Crippen LogP contribution in [0.15, 0.2) is 41.6 Å². The number of oxime groups is 1. The first-order valence-corrected chi connectivity index (χ1v) is 6.56. The fraction of sp³-hybridized carbons (Fsp3) is 0.133. The molecule has 0 bridgehead atoms. The third-order valence-electron chi connectivity index (χ3n) is 3.18. The highest BCUT2D eigenvalue weighted by Crippen LogP contribution is 2.40. The number of benzene rings is 2. The smallest absolute Gasteiger partial charge is 0.200 e. The number of halogens is 1. The van der Waals surface area contributed by atoms with Crippen molar-refractivity contribution in [2.75, 3.05) is 0 Å². The average Bonchev–Trinajstić information content (AvgIpc) is 2.47. The Hall–Kier alpha value is -2.40. The van der Waals surface area contributed by atoms with Gasteiger partial charge >= 0.3 is 0 Å². The third-order valence-corrected chi connectivity index (χ3v) is 3.43. The number of hydrogen-bond donors (Lipinski definition) is 4. The fourth-order valence-corrected chi connectivity index (χ4v) is 2.21. The van der Waals surface area contributed by atoms with Crippen molar-refractivity contribution in [1.29, 1.82) is 0 Å². The van der Waals surface area contributed by atoms with Crippen molar-refractivity contribution in [2.24, 2.45) is 5.16 Å². The molecular formula is C15H14ClNO4. The first-order chi connectivity index (χ1) is 10.0. The van der Waals surface area contributed by atoms with Crippen molar-refractivity contribution in [1.82, 2.24) is 0 Å². The van der Waals surface area contributed by atoms with Gasteiger partial charge in [0.05, 0.1) is 6.21 Å². The molecule has 0 saturated heterocycles. The van der Waals surface area contributed by atoms with Crippen LogP contribution in [0.2, 0.25) is 5.02 Å². The van der Waals surface area contributed by atoms with Gasteiger partial charge in [-0.05, 0) is 30.2 Å². The van der Waals surface area contributed by atoms with E-state index in [9.17, 15) is 15.3 Å². The Morgan fingerprint density at radius 3 is 2.29 bits per heavy atom. The van der Waals surface area contributed by atoms with Gasteiger partial charge in [-0.3, -0.25) is 0 Å². The van der Waals surface area contributed by atoms with Crippen molar-refractivity contribution in [3.05, 3.63) is 52.5 Å². The van der Waals surface area contributed by atoms with Gasteiger partial charge in [0.15, 0.2) is 11.5 Å². The summed E-state index contributed by atoms with van der Waals surface area (Å²) in [5, 5.41) is 41.3. The van der Waals surface area contributed by atoms with Crippen molar-refractivity contribution in [3.63, 3.8) is 0 Å². The highest BCUT2D eigenvalue weighted by atomic mass is 35.5. The van der Waals surface area contributed by atoms with Gasteiger partial charge < -0.3 is 20.5 Å². The summed E-state index contributed by atoms with van der Waals surface area (Å²) in [6.07, 6.45) is 1.68. The first-order valence-electron chi connectivity index (χ1n) is 6.18. The Labute approximate surface area is 126 Å². The molecular weight excluding hydrogens is 294 g/mol. The lowest BCUT2D eigenvalue weighted by atomic mass is 9.92. The zero-order valence-electron chi connectivity index (χ0n) is 10.9. The molecule has 0 aromatic heterocycles. The van der Waals surface area contributed by atoms with Gasteiger partial charge in [-0.1, -0.05) is 29.8 Å². The number of nitrogens with zero attached hydrogens (tertiary/aromatic N) is 1. The van der Waals surface area contributed by atoms with Gasteiger partial charge in [-0.2, -0.15) is 0 Å². The number of aromatic hydroxyl groups is 3. The van der Waals surface area contributed by atoms with E-state index in [1.54, 1.807) is 12.1 Å². The maximum atomic E-state index is 9.92. The van der Waals surface area contributed by atoms with Crippen LogP contribution in [0.5, 0.6) is 17.2 Å². The lowest BCUT2D eigenvalue weighted by molar-refractivity contribution is 0.319. The summed E-state index contributed by atoms with van der Waals surface area (Å²) in [5.41, 5.74) is 1.26. The van der Waals surface area contributed by atoms with Crippen LogP contribution >= 0.6 is 11.6 Å². The Balaban J connectivity index is 2.35. The summed E-state index contributed by atoms with van der Waals surface area (Å²) < 4.78 is 0. The molecule has 21 heavy (non-hydrogen) atoms. The molecule has 2 rings (SSSR count). The molecule has 5 nitrogen and oxygen atoms in total. The molecule has 6 heteroatoms. The molecule has 0 fully saturated rings. The second-order valence-corrected chi connectivity index (χ2v) is 5.01. The highest BCUT2D eigenvalue weighted by molar-refractivity contribution is 6.30. The third kappa shape index (κ3) is 3.38. The van der Waals surface area contributed by atoms with Crippen LogP contribution in [0, 0.1) is 0 Å². The van der Waals surface area contributed by atoms with Crippen LogP contribution in [-0.2, 0) is 6.42 Å². The fourth-order valence-electron chi connectivity index (χ4n) is 2.08. The molecule has 0 aliphatic heterocycles. The molecule has 0 saturated carbocycles. The summed E-state index contributed by atoms with van der Waals surface area (Å²) in [5.74, 6) is -1.92. The van der Waals surface area contributed by atoms with Crippen molar-refractivity contribution < 1.29 is 20.5 Å². The molecule has 1 unspecified atom stereocenters. The van der Waals surface area contributed by atoms with Crippen LogP contribution in [0.3, 0.4) is 0 Å². The second kappa shape index (κ2) is 6.37. The van der Waals surface area contributed by atoms with E-state index in [2.05, 4.69) is 5.16 Å². The van der Waals surface area contributed by atoms with E-state index < -0.39 is 23.2 Å². The normalized spacial score (nSPS) is 12.6. The number of rotatable bonds is 4. The van der Waals surface area contributed by atoms with E-state index in [1.807, 2.05) is 12.1 Å². The van der Waals surface area contributed by atoms with E-state index in [1.165, 1.54) is 18.3 Å². The summed E-state index contributed by atoms with van der Waals surface area (Å²) in [7, 11) is 0. The van der Waals surface area contributed by atoms with Crippen molar-refractivity contribution in [2.45, 2.75) is 12.3 Å². The minimum Gasteiger partial charge on any atom is -0.504 e. The second-order valence-electron chi connectivity index (χ2n) is 4.57. The highest BCUT2D eigenvalue weighted by Gasteiger charge is 2.19. The van der Waals surface area contributed by atoms with Crippen LogP contribution in [0.1, 0.15) is 17.0 Å². The Kier molecular flexibility index (Phi) is 4.55. The van der Waals surface area contributed by atoms with E-state index in [4.69, 9.17) is 16.8 Å². The Morgan fingerprint density at radius 2 is 1.67 bits per heavy atom. The largest absolute Gasteiger partial charge is 0.504 e. The number of hydrogen-bond acceptors (Lipinski definition) is 5. The van der Waals surface area contributed by atoms with Crippen LogP contribution < -0.4 is 0 Å². The Morgan fingerprint density at radius 1 is 1.00 bits per heavy atom. The monoisotopic (exact) mass is 307 g/mol. The lowest BCUT2D eigenvalue weighted by Gasteiger charge is -2.15. The first kappa shape index (κ1) is 15.0. The molecule has 0 aliphatic rings. The van der Waals surface area contributed by atoms with Gasteiger partial charge in [0.2, 0.25) is 5.75 Å². The molecule has 2 aromatic carbocycles. The summed E-state index contributed by atoms with van der Waals surface area (Å²) in [4.78, 5) is 0. The molecule has 0 spiro atoms. The maximum Gasteiger partial charge on any atom is 0.200 e. The van der Waals surface area contributed by atoms with Gasteiger partial charge in [0.1, 0.15) is 0 Å². The number of phenolic OH excluding ortho intramolecular Hbond substituents is 3. The van der Waals surface area contributed by atoms with E-state index >= 15 is 0 Å². The predicted molar refractivity (Wildman–Crippen MR) is 79.6 cm³/mol. The molecule has 0 radical (unpaired) electrons. The van der Waals surface area contributed by atoms with Crippen LogP contribution in [-0.4, -0.2) is 26.7 Å². The molecule has 0 heterocycles. The maximum absolute atomic E-state index is 9.92. The summed E-state index contributed by atoms with van der Waals surface area (Å²) in [6.45, 7) is 0. The van der Waals surface area contributed by atoms with E-state index in [-0.39, 0.29) is 0 Å². The minimum absolute atomic E-state index is 0.345. The van der Waals surface area contributed by atoms with Crippen molar-refractivity contribution in [3.8, 4) is 17.2 Å². The van der Waals surface area contributed by atoms with E-state index in [0.29, 0.717) is 17.0 Å². The standard InChI is InChI=1S/C15H14ClNO4/c16-11-3-1-9(2-4-11)7-10(8-17-21)12-5-6-13(18)15(20)14(12)19/h1-6,8,10,18-21H,7H2. The lowest BCUT2D eigenvalue weighted by Crippen LogP contribution is -2.05. The number of phenols is 3. The molecule has 110 valence electrons. The van der Waals surface area contributed by atoms with Crippen molar-refractivity contribution >= 4 is 17.8 Å². The molecule has 0 amide bonds. The van der Waals surface area contributed by atoms with Gasteiger partial charge in [0, 0.05) is 16.5 Å². The quantitative estimate of drug-likeness (QED) is 0.302. The minimum atomic E-state index is -0.597. The predicted octanol–water partition coefficient (Wildman–Crippen LogP) is 3.24. The molecule has 1 atom stereocenters. The van der Waals surface area contributed by atoms with Crippen LogP contribution in [0.25, 0.3) is 0 Å². The Bertz CT molecular complexity index is 655. The topological polar surface area (TPSA) is 93.3 Å². The SMILES string of the molecule is ON=CC(Cc1ccc(Cl)cc1)c1ccc(O)c(O)c1O. The average molecular weight is 308 g/mol. The zero-order chi connectivity index (χ0) is 15.4. The van der Waals surface area contributed by atoms with Gasteiger partial charge in [-0.15, -0.1) is 5.16 Å². The molecule has 2 aromatic rings. The summed E-state index contributed by atoms with van der Waals surface area (Å²) in [6, 6.07) is 9.84.